The van der Waals surface area contributed by atoms with Crippen molar-refractivity contribution >= 4 is 5.91 Å². The molecule has 3 nitrogen and oxygen atoms in total. The molecule has 0 spiro atoms. The van der Waals surface area contributed by atoms with E-state index in [1.54, 1.807) is 0 Å². The molecule has 1 aliphatic heterocycles. The highest BCUT2D eigenvalue weighted by Crippen LogP contribution is 2.32. The fourth-order valence-corrected chi connectivity index (χ4v) is 3.57. The van der Waals surface area contributed by atoms with Gasteiger partial charge in [0.15, 0.2) is 0 Å². The zero-order chi connectivity index (χ0) is 14.5. The average molecular weight is 287 g/mol. The number of hydrogen-bond donors (Lipinski definition) is 1. The van der Waals surface area contributed by atoms with Gasteiger partial charge in [0.2, 0.25) is 5.91 Å². The first-order valence-corrected chi connectivity index (χ1v) is 8.34. The lowest BCUT2D eigenvalue weighted by Gasteiger charge is -2.27. The van der Waals surface area contributed by atoms with Crippen molar-refractivity contribution in [3.63, 3.8) is 0 Å². The third kappa shape index (κ3) is 3.78. The van der Waals surface area contributed by atoms with Crippen LogP contribution in [0.3, 0.4) is 0 Å². The van der Waals surface area contributed by atoms with E-state index in [-0.39, 0.29) is 11.9 Å². The topological polar surface area (TPSA) is 38.3 Å². The van der Waals surface area contributed by atoms with Crippen LogP contribution in [0.4, 0.5) is 0 Å². The molecule has 0 aromatic heterocycles. The zero-order valence-corrected chi connectivity index (χ0v) is 12.6. The van der Waals surface area contributed by atoms with E-state index in [4.69, 9.17) is 4.74 Å². The van der Waals surface area contributed by atoms with Crippen LogP contribution in [0.15, 0.2) is 24.3 Å². The van der Waals surface area contributed by atoms with Crippen LogP contribution in [0.25, 0.3) is 0 Å². The third-order valence-electron chi connectivity index (χ3n) is 4.80. The SMILES string of the molecule is O=C(CCC1CCCCC1)NC1CCOc2ccccc21. The lowest BCUT2D eigenvalue weighted by molar-refractivity contribution is -0.122. The Morgan fingerprint density at radius 3 is 2.81 bits per heavy atom. The van der Waals surface area contributed by atoms with Crippen LogP contribution in [0.2, 0.25) is 0 Å². The monoisotopic (exact) mass is 287 g/mol. The number of para-hydroxylation sites is 1. The van der Waals surface area contributed by atoms with Crippen LogP contribution < -0.4 is 10.1 Å². The molecule has 1 saturated carbocycles. The van der Waals surface area contributed by atoms with Gasteiger partial charge in [-0.15, -0.1) is 0 Å². The summed E-state index contributed by atoms with van der Waals surface area (Å²) in [5, 5.41) is 3.20. The van der Waals surface area contributed by atoms with E-state index in [1.807, 2.05) is 18.2 Å². The van der Waals surface area contributed by atoms with E-state index < -0.39 is 0 Å². The Morgan fingerprint density at radius 1 is 1.14 bits per heavy atom. The van der Waals surface area contributed by atoms with E-state index in [1.165, 1.54) is 32.1 Å². The van der Waals surface area contributed by atoms with Gasteiger partial charge in [0, 0.05) is 18.4 Å². The molecule has 1 aromatic carbocycles. The largest absolute Gasteiger partial charge is 0.493 e. The van der Waals surface area contributed by atoms with Crippen LogP contribution in [-0.4, -0.2) is 12.5 Å². The fraction of sp³-hybridized carbons (Fsp3) is 0.611. The molecule has 114 valence electrons. The van der Waals surface area contributed by atoms with Crippen molar-refractivity contribution in [2.75, 3.05) is 6.61 Å². The van der Waals surface area contributed by atoms with Gasteiger partial charge in [-0.3, -0.25) is 4.79 Å². The maximum absolute atomic E-state index is 12.2. The Bertz CT molecular complexity index is 480. The lowest BCUT2D eigenvalue weighted by Crippen LogP contribution is -2.32. The third-order valence-corrected chi connectivity index (χ3v) is 4.80. The van der Waals surface area contributed by atoms with Gasteiger partial charge in [-0.25, -0.2) is 0 Å². The quantitative estimate of drug-likeness (QED) is 0.909. The van der Waals surface area contributed by atoms with Crippen molar-refractivity contribution in [2.24, 2.45) is 5.92 Å². The molecule has 1 amide bonds. The van der Waals surface area contributed by atoms with Crippen molar-refractivity contribution in [1.29, 1.82) is 0 Å². The minimum absolute atomic E-state index is 0.119. The maximum atomic E-state index is 12.2. The molecule has 0 bridgehead atoms. The van der Waals surface area contributed by atoms with Crippen molar-refractivity contribution in [1.82, 2.24) is 5.32 Å². The van der Waals surface area contributed by atoms with Crippen molar-refractivity contribution < 1.29 is 9.53 Å². The van der Waals surface area contributed by atoms with Gasteiger partial charge in [0.1, 0.15) is 5.75 Å². The van der Waals surface area contributed by atoms with E-state index in [0.29, 0.717) is 13.0 Å². The summed E-state index contributed by atoms with van der Waals surface area (Å²) in [4.78, 5) is 12.2. The molecule has 1 heterocycles. The summed E-state index contributed by atoms with van der Waals surface area (Å²) < 4.78 is 5.64. The number of fused-ring (bicyclic) bond motifs is 1. The molecule has 3 rings (SSSR count). The van der Waals surface area contributed by atoms with Gasteiger partial charge < -0.3 is 10.1 Å². The summed E-state index contributed by atoms with van der Waals surface area (Å²) in [5.74, 6) is 1.88. The molecule has 0 radical (unpaired) electrons. The molecule has 2 aliphatic rings. The van der Waals surface area contributed by atoms with Gasteiger partial charge in [-0.1, -0.05) is 50.3 Å². The number of benzene rings is 1. The Morgan fingerprint density at radius 2 is 1.95 bits per heavy atom. The fourth-order valence-electron chi connectivity index (χ4n) is 3.57. The van der Waals surface area contributed by atoms with Crippen LogP contribution in [0.1, 0.15) is 63.0 Å². The number of ether oxygens (including phenoxy) is 1. The molecule has 21 heavy (non-hydrogen) atoms. The molecule has 1 aliphatic carbocycles. The number of rotatable bonds is 4. The van der Waals surface area contributed by atoms with E-state index in [9.17, 15) is 4.79 Å². The summed E-state index contributed by atoms with van der Waals surface area (Å²) >= 11 is 0. The number of carbonyl (C=O) groups is 1. The summed E-state index contributed by atoms with van der Waals surface area (Å²) in [6.07, 6.45) is 9.29. The zero-order valence-electron chi connectivity index (χ0n) is 12.6. The minimum Gasteiger partial charge on any atom is -0.493 e. The molecular formula is C18H25NO2. The number of hydrogen-bond acceptors (Lipinski definition) is 2. The Labute approximate surface area is 127 Å². The van der Waals surface area contributed by atoms with Gasteiger partial charge >= 0.3 is 0 Å². The Kier molecular flexibility index (Phi) is 4.79. The molecule has 0 saturated heterocycles. The molecule has 3 heteroatoms. The molecule has 1 aromatic rings. The van der Waals surface area contributed by atoms with Crippen LogP contribution in [0.5, 0.6) is 5.75 Å². The normalized spacial score (nSPS) is 22.2. The van der Waals surface area contributed by atoms with Crippen LogP contribution >= 0.6 is 0 Å². The lowest BCUT2D eigenvalue weighted by atomic mass is 9.86. The molecule has 1 N–H and O–H groups in total. The first-order chi connectivity index (χ1) is 10.3. The first kappa shape index (κ1) is 14.4. The van der Waals surface area contributed by atoms with Crippen LogP contribution in [-0.2, 0) is 4.79 Å². The standard InChI is InChI=1S/C18H25NO2/c20-18(11-10-14-6-2-1-3-7-14)19-16-12-13-21-17-9-5-4-8-15(16)17/h4-5,8-9,14,16H,1-3,6-7,10-13H2,(H,19,20). The van der Waals surface area contributed by atoms with Crippen LogP contribution in [0, 0.1) is 5.92 Å². The second-order valence-corrected chi connectivity index (χ2v) is 6.34. The highest BCUT2D eigenvalue weighted by atomic mass is 16.5. The van der Waals surface area contributed by atoms with Gasteiger partial charge in [-0.05, 0) is 18.4 Å². The maximum Gasteiger partial charge on any atom is 0.220 e. The number of carbonyl (C=O) groups excluding carboxylic acids is 1. The molecular weight excluding hydrogens is 262 g/mol. The highest BCUT2D eigenvalue weighted by Gasteiger charge is 2.23. The van der Waals surface area contributed by atoms with Gasteiger partial charge in [0.05, 0.1) is 12.6 Å². The number of amides is 1. The molecule has 1 atom stereocenters. The van der Waals surface area contributed by atoms with Crippen molar-refractivity contribution in [3.8, 4) is 5.75 Å². The van der Waals surface area contributed by atoms with E-state index in [0.717, 1.165) is 30.1 Å². The minimum atomic E-state index is 0.119. The second-order valence-electron chi connectivity index (χ2n) is 6.34. The van der Waals surface area contributed by atoms with Gasteiger partial charge in [-0.2, -0.15) is 0 Å². The summed E-state index contributed by atoms with van der Waals surface area (Å²) in [5.41, 5.74) is 1.12. The molecule has 1 fully saturated rings. The summed E-state index contributed by atoms with van der Waals surface area (Å²) in [6.45, 7) is 0.685. The summed E-state index contributed by atoms with van der Waals surface area (Å²) in [7, 11) is 0. The Balaban J connectivity index is 1.51. The van der Waals surface area contributed by atoms with Crippen molar-refractivity contribution in [2.45, 2.75) is 57.4 Å². The van der Waals surface area contributed by atoms with E-state index in [2.05, 4.69) is 11.4 Å². The smallest absolute Gasteiger partial charge is 0.220 e. The van der Waals surface area contributed by atoms with Crippen molar-refractivity contribution in [3.05, 3.63) is 29.8 Å². The predicted molar refractivity (Wildman–Crippen MR) is 83.2 cm³/mol. The van der Waals surface area contributed by atoms with E-state index >= 15 is 0 Å². The summed E-state index contributed by atoms with van der Waals surface area (Å²) in [6, 6.07) is 8.14. The average Bonchev–Trinajstić information content (AvgIpc) is 2.54. The van der Waals surface area contributed by atoms with Gasteiger partial charge in [0.25, 0.3) is 0 Å². The first-order valence-electron chi connectivity index (χ1n) is 8.34. The molecule has 1 unspecified atom stereocenters. The second kappa shape index (κ2) is 6.97. The number of nitrogens with one attached hydrogen (secondary N) is 1. The predicted octanol–water partition coefficient (Wildman–Crippen LogP) is 3.99. The highest BCUT2D eigenvalue weighted by molar-refractivity contribution is 5.76. The Hall–Kier alpha value is -1.51.